The second kappa shape index (κ2) is 17.8. The normalized spacial score (nSPS) is 17.4. The number of aliphatic hydroxyl groups is 1. The van der Waals surface area contributed by atoms with E-state index in [9.17, 15) is 38.7 Å². The Kier molecular flexibility index (Phi) is 13.9. The van der Waals surface area contributed by atoms with E-state index >= 15 is 0 Å². The summed E-state index contributed by atoms with van der Waals surface area (Å²) in [6.45, 7) is 7.53. The van der Waals surface area contributed by atoms with E-state index in [4.69, 9.17) is 4.74 Å². The largest absolute Gasteiger partial charge is 0.444 e. The first-order chi connectivity index (χ1) is 23.3. The van der Waals surface area contributed by atoms with Crippen LogP contribution in [0, 0.1) is 11.8 Å². The summed E-state index contributed by atoms with van der Waals surface area (Å²) < 4.78 is 5.57. The SMILES string of the molecule is CC[C@@H](C=O)NC(=O)[C@@H]1C[C@@H](OC(=O)Nc2ccccc2C(=O)CO)CN1C(=O)[C@@H](NC(=O)[C@@H](NC(=O)c1cnccn1)C(C)C)C(C)C. The number of aldehydes is 1. The third kappa shape index (κ3) is 10.1. The topological polar surface area (TPSA) is 226 Å². The van der Waals surface area contributed by atoms with Crippen molar-refractivity contribution in [3.05, 3.63) is 54.1 Å². The Morgan fingerprint density at radius 2 is 1.69 bits per heavy atom. The summed E-state index contributed by atoms with van der Waals surface area (Å²) in [5.41, 5.74) is 0.157. The molecule has 1 aliphatic heterocycles. The van der Waals surface area contributed by atoms with E-state index in [-0.39, 0.29) is 29.9 Å². The lowest BCUT2D eigenvalue weighted by Crippen LogP contribution is -2.59. The van der Waals surface area contributed by atoms with E-state index in [1.807, 2.05) is 0 Å². The number of likely N-dealkylation sites (tertiary alicyclic amines) is 1. The first-order valence-electron chi connectivity index (χ1n) is 15.9. The average molecular weight is 682 g/mol. The molecule has 5 amide bonds. The summed E-state index contributed by atoms with van der Waals surface area (Å²) in [5.74, 6) is -4.06. The molecule has 5 N–H and O–H groups in total. The molecule has 1 aromatic carbocycles. The van der Waals surface area contributed by atoms with Gasteiger partial charge in [0.1, 0.15) is 42.8 Å². The number of nitrogens with zero attached hydrogens (tertiary/aromatic N) is 3. The van der Waals surface area contributed by atoms with E-state index < -0.39 is 84.2 Å². The standard InChI is InChI=1S/C33H43N7O9/c1-6-20(16-41)36-30(45)25-13-21(49-33(48)37-23-10-8-7-9-22(23)26(43)17-42)15-40(25)32(47)28(19(4)5)39-31(46)27(18(2)3)38-29(44)24-14-34-11-12-35-24/h7-12,14,16,18-21,25,27-28,42H,6,13,15,17H2,1-5H3,(H,36,45)(H,37,48)(H,38,44)(H,39,46)/t20-,21+,25-,27-,28-/m0/s1. The summed E-state index contributed by atoms with van der Waals surface area (Å²) in [6, 6.07) is 1.80. The number of anilines is 1. The molecule has 1 aromatic heterocycles. The molecule has 0 bridgehead atoms. The van der Waals surface area contributed by atoms with Gasteiger partial charge in [0.15, 0.2) is 5.78 Å². The lowest BCUT2D eigenvalue weighted by molar-refractivity contribution is -0.143. The second-order valence-corrected chi connectivity index (χ2v) is 12.2. The Balaban J connectivity index is 1.82. The van der Waals surface area contributed by atoms with Gasteiger partial charge in [0.2, 0.25) is 17.7 Å². The number of carbonyl (C=O) groups is 7. The average Bonchev–Trinajstić information content (AvgIpc) is 3.51. The van der Waals surface area contributed by atoms with Gasteiger partial charge in [-0.05, 0) is 30.4 Å². The minimum absolute atomic E-state index is 0.00243. The highest BCUT2D eigenvalue weighted by Crippen LogP contribution is 2.25. The van der Waals surface area contributed by atoms with Crippen molar-refractivity contribution in [2.45, 2.75) is 77.7 Å². The molecule has 3 rings (SSSR count). The minimum Gasteiger partial charge on any atom is -0.444 e. The van der Waals surface area contributed by atoms with Gasteiger partial charge >= 0.3 is 6.09 Å². The van der Waals surface area contributed by atoms with E-state index in [2.05, 4.69) is 31.2 Å². The van der Waals surface area contributed by atoms with Gasteiger partial charge in [-0.25, -0.2) is 9.78 Å². The summed E-state index contributed by atoms with van der Waals surface area (Å²) in [7, 11) is 0. The van der Waals surface area contributed by atoms with Crippen molar-refractivity contribution in [1.82, 2.24) is 30.8 Å². The fraction of sp³-hybridized carbons (Fsp3) is 0.485. The van der Waals surface area contributed by atoms with Gasteiger partial charge in [-0.3, -0.25) is 34.3 Å². The number of ether oxygens (including phenoxy) is 1. The number of Topliss-reactive ketones (excluding diaryl/α,β-unsaturated/α-hetero) is 1. The molecule has 0 aliphatic carbocycles. The molecule has 16 heteroatoms. The van der Waals surface area contributed by atoms with Crippen LogP contribution in [-0.4, -0.2) is 105 Å². The number of carbonyl (C=O) groups excluding carboxylic acids is 7. The molecule has 2 aromatic rings. The van der Waals surface area contributed by atoms with Gasteiger partial charge in [0, 0.05) is 24.4 Å². The number of ketones is 1. The Morgan fingerprint density at radius 3 is 2.29 bits per heavy atom. The molecular formula is C33H43N7O9. The van der Waals surface area contributed by atoms with E-state index in [0.717, 1.165) is 0 Å². The first kappa shape index (κ1) is 38.2. The summed E-state index contributed by atoms with van der Waals surface area (Å²) in [6.07, 6.45) is 2.78. The molecule has 1 aliphatic rings. The molecule has 0 radical (unpaired) electrons. The van der Waals surface area contributed by atoms with Crippen molar-refractivity contribution in [1.29, 1.82) is 0 Å². The Hall–Kier alpha value is -5.25. The molecule has 5 atom stereocenters. The van der Waals surface area contributed by atoms with E-state index in [1.165, 1.54) is 35.6 Å². The number of para-hydroxylation sites is 1. The minimum atomic E-state index is -1.17. The van der Waals surface area contributed by atoms with Gasteiger partial charge in [0.05, 0.1) is 24.5 Å². The fourth-order valence-corrected chi connectivity index (χ4v) is 5.20. The van der Waals surface area contributed by atoms with Crippen LogP contribution in [0.5, 0.6) is 0 Å². The zero-order valence-corrected chi connectivity index (χ0v) is 28.0. The van der Waals surface area contributed by atoms with Crippen molar-refractivity contribution in [3.8, 4) is 0 Å². The van der Waals surface area contributed by atoms with Crippen LogP contribution >= 0.6 is 0 Å². The monoisotopic (exact) mass is 681 g/mol. The van der Waals surface area contributed by atoms with Crippen LogP contribution in [0.4, 0.5) is 10.5 Å². The number of rotatable bonds is 15. The van der Waals surface area contributed by atoms with Gasteiger partial charge in [-0.15, -0.1) is 0 Å². The number of aliphatic hydroxyl groups excluding tert-OH is 1. The third-order valence-electron chi connectivity index (χ3n) is 7.92. The van der Waals surface area contributed by atoms with Crippen LogP contribution in [0.2, 0.25) is 0 Å². The van der Waals surface area contributed by atoms with Crippen molar-refractivity contribution in [2.75, 3.05) is 18.5 Å². The molecule has 0 saturated carbocycles. The summed E-state index contributed by atoms with van der Waals surface area (Å²) in [4.78, 5) is 99.4. The van der Waals surface area contributed by atoms with Crippen LogP contribution in [0.25, 0.3) is 0 Å². The lowest BCUT2D eigenvalue weighted by Gasteiger charge is -2.32. The lowest BCUT2D eigenvalue weighted by atomic mass is 9.98. The molecule has 1 saturated heterocycles. The fourth-order valence-electron chi connectivity index (χ4n) is 5.20. The number of amides is 5. The van der Waals surface area contributed by atoms with Crippen molar-refractivity contribution >= 4 is 47.5 Å². The molecule has 0 unspecified atom stereocenters. The molecular weight excluding hydrogens is 638 g/mol. The highest BCUT2D eigenvalue weighted by Gasteiger charge is 2.45. The predicted molar refractivity (Wildman–Crippen MR) is 175 cm³/mol. The molecule has 16 nitrogen and oxygen atoms in total. The molecule has 2 heterocycles. The highest BCUT2D eigenvalue weighted by atomic mass is 16.6. The number of aromatic nitrogens is 2. The number of hydrogen-bond donors (Lipinski definition) is 5. The molecule has 264 valence electrons. The zero-order chi connectivity index (χ0) is 36.2. The second-order valence-electron chi connectivity index (χ2n) is 12.2. The van der Waals surface area contributed by atoms with E-state index in [1.54, 1.807) is 46.8 Å². The van der Waals surface area contributed by atoms with Gasteiger partial charge in [0.25, 0.3) is 5.91 Å². The van der Waals surface area contributed by atoms with Crippen LogP contribution in [-0.2, 0) is 23.9 Å². The van der Waals surface area contributed by atoms with Crippen LogP contribution in [0.1, 0.15) is 68.3 Å². The summed E-state index contributed by atoms with van der Waals surface area (Å²) >= 11 is 0. The molecule has 0 spiro atoms. The Morgan fingerprint density at radius 1 is 1.00 bits per heavy atom. The van der Waals surface area contributed by atoms with Gasteiger partial charge in [-0.1, -0.05) is 46.8 Å². The van der Waals surface area contributed by atoms with E-state index in [0.29, 0.717) is 12.7 Å². The van der Waals surface area contributed by atoms with Crippen LogP contribution in [0.3, 0.4) is 0 Å². The Bertz CT molecular complexity index is 1520. The molecule has 49 heavy (non-hydrogen) atoms. The smallest absolute Gasteiger partial charge is 0.411 e. The van der Waals surface area contributed by atoms with Gasteiger partial charge < -0.3 is 35.5 Å². The maximum Gasteiger partial charge on any atom is 0.411 e. The number of hydrogen-bond acceptors (Lipinski definition) is 11. The van der Waals surface area contributed by atoms with Crippen LogP contribution < -0.4 is 21.3 Å². The highest BCUT2D eigenvalue weighted by molar-refractivity contribution is 6.04. The summed E-state index contributed by atoms with van der Waals surface area (Å²) in [5, 5.41) is 19.7. The zero-order valence-electron chi connectivity index (χ0n) is 28.0. The van der Waals surface area contributed by atoms with Gasteiger partial charge in [-0.2, -0.15) is 0 Å². The molecule has 1 fully saturated rings. The Labute approximate surface area is 283 Å². The van der Waals surface area contributed by atoms with Crippen molar-refractivity contribution in [3.63, 3.8) is 0 Å². The van der Waals surface area contributed by atoms with Crippen molar-refractivity contribution < 1.29 is 43.4 Å². The maximum absolute atomic E-state index is 14.1. The van der Waals surface area contributed by atoms with Crippen molar-refractivity contribution in [2.24, 2.45) is 11.8 Å². The number of nitrogens with one attached hydrogen (secondary N) is 4. The predicted octanol–water partition coefficient (Wildman–Crippen LogP) is 0.859. The third-order valence-corrected chi connectivity index (χ3v) is 7.92. The first-order valence-corrected chi connectivity index (χ1v) is 15.9. The number of benzene rings is 1. The quantitative estimate of drug-likeness (QED) is 0.131. The van der Waals surface area contributed by atoms with Crippen LogP contribution in [0.15, 0.2) is 42.9 Å². The maximum atomic E-state index is 14.1.